The lowest BCUT2D eigenvalue weighted by Crippen LogP contribution is -2.39. The first-order chi connectivity index (χ1) is 6.93. The summed E-state index contributed by atoms with van der Waals surface area (Å²) in [5, 5.41) is 19.3. The van der Waals surface area contributed by atoms with Crippen LogP contribution in [0.15, 0.2) is 0 Å². The first-order valence-electron chi connectivity index (χ1n) is 4.65. The number of rotatable bonds is 7. The molecule has 0 aliphatic carbocycles. The molecular formula is C9H15NO5. The molecule has 3 N–H and O–H groups in total. The van der Waals surface area contributed by atoms with Crippen LogP contribution in [-0.2, 0) is 14.4 Å². The summed E-state index contributed by atoms with van der Waals surface area (Å²) in [7, 11) is 0. The van der Waals surface area contributed by atoms with Crippen molar-refractivity contribution in [2.75, 3.05) is 0 Å². The van der Waals surface area contributed by atoms with Gasteiger partial charge in [-0.15, -0.1) is 0 Å². The van der Waals surface area contributed by atoms with Gasteiger partial charge < -0.3 is 15.5 Å². The third kappa shape index (κ3) is 7.48. The Kier molecular flexibility index (Phi) is 6.08. The molecular weight excluding hydrogens is 202 g/mol. The molecule has 0 bridgehead atoms. The van der Waals surface area contributed by atoms with Crippen molar-refractivity contribution in [2.24, 2.45) is 0 Å². The van der Waals surface area contributed by atoms with E-state index in [1.54, 1.807) is 0 Å². The second kappa shape index (κ2) is 6.80. The van der Waals surface area contributed by atoms with E-state index in [1.165, 1.54) is 6.92 Å². The van der Waals surface area contributed by atoms with Crippen LogP contribution in [0.4, 0.5) is 0 Å². The molecule has 86 valence electrons. The van der Waals surface area contributed by atoms with Crippen molar-refractivity contribution in [3.63, 3.8) is 0 Å². The number of aliphatic carboxylic acids is 2. The Bertz CT molecular complexity index is 251. The average Bonchev–Trinajstić information content (AvgIpc) is 2.08. The van der Waals surface area contributed by atoms with Crippen LogP contribution in [0.1, 0.15) is 32.6 Å². The normalized spacial score (nSPS) is 11.8. The summed E-state index contributed by atoms with van der Waals surface area (Å²) in [4.78, 5) is 31.4. The molecule has 0 aromatic carbocycles. The largest absolute Gasteiger partial charge is 0.481 e. The molecule has 0 aromatic heterocycles. The summed E-state index contributed by atoms with van der Waals surface area (Å²) in [6, 6.07) is -0.920. The van der Waals surface area contributed by atoms with Gasteiger partial charge in [0.15, 0.2) is 0 Å². The zero-order chi connectivity index (χ0) is 11.8. The molecule has 6 nitrogen and oxygen atoms in total. The van der Waals surface area contributed by atoms with E-state index < -0.39 is 23.9 Å². The second-order valence-electron chi connectivity index (χ2n) is 3.23. The van der Waals surface area contributed by atoms with Crippen LogP contribution in [0.5, 0.6) is 0 Å². The SMILES string of the molecule is CC(=O)NC(CCCCC(=O)O)C(=O)O. The van der Waals surface area contributed by atoms with Crippen molar-refractivity contribution >= 4 is 17.8 Å². The van der Waals surface area contributed by atoms with Gasteiger partial charge in [0.2, 0.25) is 5.91 Å². The Hall–Kier alpha value is -1.59. The summed E-state index contributed by atoms with van der Waals surface area (Å²) >= 11 is 0. The average molecular weight is 217 g/mol. The van der Waals surface area contributed by atoms with E-state index in [-0.39, 0.29) is 12.8 Å². The molecule has 6 heteroatoms. The molecule has 0 aliphatic rings. The Morgan fingerprint density at radius 2 is 1.80 bits per heavy atom. The molecule has 0 aromatic rings. The highest BCUT2D eigenvalue weighted by Gasteiger charge is 2.17. The minimum atomic E-state index is -1.10. The fraction of sp³-hybridized carbons (Fsp3) is 0.667. The van der Waals surface area contributed by atoms with E-state index in [2.05, 4.69) is 5.32 Å². The quantitative estimate of drug-likeness (QED) is 0.529. The molecule has 0 radical (unpaired) electrons. The van der Waals surface area contributed by atoms with E-state index in [0.29, 0.717) is 12.8 Å². The smallest absolute Gasteiger partial charge is 0.326 e. The van der Waals surface area contributed by atoms with Gasteiger partial charge >= 0.3 is 11.9 Å². The molecule has 0 saturated heterocycles. The molecule has 0 heterocycles. The molecule has 0 fully saturated rings. The van der Waals surface area contributed by atoms with Crippen molar-refractivity contribution in [2.45, 2.75) is 38.6 Å². The number of unbranched alkanes of at least 4 members (excludes halogenated alkanes) is 1. The first-order valence-corrected chi connectivity index (χ1v) is 4.65. The number of hydrogen-bond acceptors (Lipinski definition) is 3. The van der Waals surface area contributed by atoms with Gasteiger partial charge in [-0.05, 0) is 12.8 Å². The summed E-state index contributed by atoms with van der Waals surface area (Å²) < 4.78 is 0. The summed E-state index contributed by atoms with van der Waals surface area (Å²) in [5.41, 5.74) is 0. The van der Waals surface area contributed by atoms with E-state index in [1.807, 2.05) is 0 Å². The maximum atomic E-state index is 10.6. The van der Waals surface area contributed by atoms with Gasteiger partial charge in [-0.25, -0.2) is 4.79 Å². The van der Waals surface area contributed by atoms with Gasteiger partial charge in [-0.3, -0.25) is 9.59 Å². The molecule has 1 atom stereocenters. The summed E-state index contributed by atoms with van der Waals surface area (Å²) in [6.45, 7) is 1.24. The molecule has 1 amide bonds. The van der Waals surface area contributed by atoms with Gasteiger partial charge in [0.05, 0.1) is 0 Å². The van der Waals surface area contributed by atoms with Crippen molar-refractivity contribution in [3.8, 4) is 0 Å². The number of carbonyl (C=O) groups is 3. The summed E-state index contributed by atoms with van der Waals surface area (Å²) in [6.07, 6.45) is 1.15. The maximum absolute atomic E-state index is 10.6. The fourth-order valence-electron chi connectivity index (χ4n) is 1.13. The monoisotopic (exact) mass is 217 g/mol. The third-order valence-electron chi connectivity index (χ3n) is 1.81. The number of carbonyl (C=O) groups excluding carboxylic acids is 1. The number of nitrogens with one attached hydrogen (secondary N) is 1. The number of hydrogen-bond donors (Lipinski definition) is 3. The van der Waals surface area contributed by atoms with Gasteiger partial charge in [0.25, 0.3) is 0 Å². The van der Waals surface area contributed by atoms with Crippen LogP contribution in [0.25, 0.3) is 0 Å². The van der Waals surface area contributed by atoms with Crippen LogP contribution >= 0.6 is 0 Å². The lowest BCUT2D eigenvalue weighted by atomic mass is 10.1. The van der Waals surface area contributed by atoms with Gasteiger partial charge in [-0.2, -0.15) is 0 Å². The molecule has 0 spiro atoms. The van der Waals surface area contributed by atoms with Crippen molar-refractivity contribution in [1.82, 2.24) is 5.32 Å². The Balaban J connectivity index is 3.81. The Morgan fingerprint density at radius 1 is 1.20 bits per heavy atom. The zero-order valence-corrected chi connectivity index (χ0v) is 8.52. The predicted molar refractivity (Wildman–Crippen MR) is 51.3 cm³/mol. The minimum Gasteiger partial charge on any atom is -0.481 e. The van der Waals surface area contributed by atoms with Crippen molar-refractivity contribution in [3.05, 3.63) is 0 Å². The topological polar surface area (TPSA) is 104 Å². The molecule has 15 heavy (non-hydrogen) atoms. The number of carboxylic acids is 2. The van der Waals surface area contributed by atoms with E-state index >= 15 is 0 Å². The lowest BCUT2D eigenvalue weighted by molar-refractivity contribution is -0.141. The number of amides is 1. The standard InChI is InChI=1S/C9H15NO5/c1-6(11)10-7(9(14)15)4-2-3-5-8(12)13/h7H,2-5H2,1H3,(H,10,11)(H,12,13)(H,14,15). The van der Waals surface area contributed by atoms with Gasteiger partial charge in [-0.1, -0.05) is 6.42 Å². The van der Waals surface area contributed by atoms with Crippen molar-refractivity contribution in [1.29, 1.82) is 0 Å². The van der Waals surface area contributed by atoms with Crippen LogP contribution in [0.2, 0.25) is 0 Å². The zero-order valence-electron chi connectivity index (χ0n) is 8.52. The van der Waals surface area contributed by atoms with Crippen LogP contribution in [0, 0.1) is 0 Å². The lowest BCUT2D eigenvalue weighted by Gasteiger charge is -2.12. The van der Waals surface area contributed by atoms with E-state index in [0.717, 1.165) is 0 Å². The Morgan fingerprint density at radius 3 is 2.20 bits per heavy atom. The fourth-order valence-corrected chi connectivity index (χ4v) is 1.13. The van der Waals surface area contributed by atoms with E-state index in [4.69, 9.17) is 10.2 Å². The van der Waals surface area contributed by atoms with Crippen LogP contribution in [-0.4, -0.2) is 34.1 Å². The highest BCUT2D eigenvalue weighted by atomic mass is 16.4. The Labute approximate surface area is 87.3 Å². The van der Waals surface area contributed by atoms with Crippen molar-refractivity contribution < 1.29 is 24.6 Å². The van der Waals surface area contributed by atoms with Gasteiger partial charge in [0.1, 0.15) is 6.04 Å². The van der Waals surface area contributed by atoms with Gasteiger partial charge in [0, 0.05) is 13.3 Å². The molecule has 0 aliphatic heterocycles. The molecule has 1 unspecified atom stereocenters. The maximum Gasteiger partial charge on any atom is 0.326 e. The third-order valence-corrected chi connectivity index (χ3v) is 1.81. The number of carboxylic acid groups (broad SMARTS) is 2. The van der Waals surface area contributed by atoms with Crippen LogP contribution in [0.3, 0.4) is 0 Å². The molecule has 0 rings (SSSR count). The summed E-state index contributed by atoms with van der Waals surface area (Å²) in [5.74, 6) is -2.40. The molecule has 0 saturated carbocycles. The van der Waals surface area contributed by atoms with E-state index in [9.17, 15) is 14.4 Å². The highest BCUT2D eigenvalue weighted by molar-refractivity contribution is 5.81. The minimum absolute atomic E-state index is 0.0202. The van der Waals surface area contributed by atoms with Crippen LogP contribution < -0.4 is 5.32 Å². The second-order valence-corrected chi connectivity index (χ2v) is 3.23. The highest BCUT2D eigenvalue weighted by Crippen LogP contribution is 2.04. The predicted octanol–water partition coefficient (Wildman–Crippen LogP) is 0.221. The first kappa shape index (κ1) is 13.4.